The maximum Gasteiger partial charge on any atom is 0.342 e. The molecule has 3 heteroatoms. The Morgan fingerprint density at radius 2 is 2.20 bits per heavy atom. The smallest absolute Gasteiger partial charge is 0.298 e. The molecule has 0 radical (unpaired) electrons. The quantitative estimate of drug-likeness (QED) is 0.551. The van der Waals surface area contributed by atoms with Gasteiger partial charge in [0.25, 0.3) is 0 Å². The zero-order valence-electron chi connectivity index (χ0n) is 9.16. The lowest BCUT2D eigenvalue weighted by Gasteiger charge is -2.03. The molecule has 0 saturated heterocycles. The van der Waals surface area contributed by atoms with Gasteiger partial charge in [0.15, 0.2) is 0 Å². The zero-order valence-corrected chi connectivity index (χ0v) is 9.16. The van der Waals surface area contributed by atoms with Gasteiger partial charge in [0.2, 0.25) is 0 Å². The van der Waals surface area contributed by atoms with Gasteiger partial charge < -0.3 is 0 Å². The van der Waals surface area contributed by atoms with Crippen molar-refractivity contribution < 1.29 is 14.6 Å². The van der Waals surface area contributed by atoms with Gasteiger partial charge in [-0.2, -0.15) is 4.89 Å². The molecule has 1 rings (SSSR count). The minimum Gasteiger partial charge on any atom is -0.298 e. The third-order valence-corrected chi connectivity index (χ3v) is 1.91. The molecule has 0 aliphatic heterocycles. The summed E-state index contributed by atoms with van der Waals surface area (Å²) in [5.41, 5.74) is 2.16. The van der Waals surface area contributed by atoms with E-state index in [2.05, 4.69) is 4.89 Å². The summed E-state index contributed by atoms with van der Waals surface area (Å²) in [7, 11) is 0. The topological polar surface area (TPSA) is 35.5 Å². The van der Waals surface area contributed by atoms with Crippen LogP contribution in [0.25, 0.3) is 0 Å². The van der Waals surface area contributed by atoms with Crippen molar-refractivity contribution in [2.75, 3.05) is 0 Å². The Balaban J connectivity index is 2.28. The van der Waals surface area contributed by atoms with Crippen LogP contribution in [0, 0.1) is 6.92 Å². The molecule has 0 bridgehead atoms. The molecule has 15 heavy (non-hydrogen) atoms. The van der Waals surface area contributed by atoms with Crippen LogP contribution in [0.4, 0.5) is 0 Å². The number of hydrogen-bond donors (Lipinski definition) is 0. The SMILES string of the molecule is CCCC(=O)OOCc1cccc(C)c1. The number of carbonyl (C=O) groups excluding carboxylic acids is 1. The molecule has 0 aromatic heterocycles. The van der Waals surface area contributed by atoms with Crippen molar-refractivity contribution in [1.82, 2.24) is 0 Å². The molecular formula is C12H16O3. The van der Waals surface area contributed by atoms with Crippen LogP contribution in [0.5, 0.6) is 0 Å². The lowest BCUT2D eigenvalue weighted by molar-refractivity contribution is -0.280. The summed E-state index contributed by atoms with van der Waals surface area (Å²) >= 11 is 0. The fourth-order valence-corrected chi connectivity index (χ4v) is 1.21. The van der Waals surface area contributed by atoms with E-state index in [1.165, 1.54) is 0 Å². The van der Waals surface area contributed by atoms with E-state index in [0.717, 1.165) is 17.5 Å². The summed E-state index contributed by atoms with van der Waals surface area (Å²) in [5, 5.41) is 0. The maximum atomic E-state index is 11.0. The van der Waals surface area contributed by atoms with Gasteiger partial charge in [-0.1, -0.05) is 36.8 Å². The van der Waals surface area contributed by atoms with Crippen LogP contribution in [0.15, 0.2) is 24.3 Å². The Morgan fingerprint density at radius 1 is 1.40 bits per heavy atom. The average Bonchev–Trinajstić information content (AvgIpc) is 2.18. The van der Waals surface area contributed by atoms with Crippen molar-refractivity contribution >= 4 is 5.97 Å². The van der Waals surface area contributed by atoms with Gasteiger partial charge in [0.05, 0.1) is 0 Å². The second-order valence-corrected chi connectivity index (χ2v) is 3.46. The first kappa shape index (κ1) is 11.7. The molecule has 0 aliphatic carbocycles. The first-order chi connectivity index (χ1) is 7.22. The Morgan fingerprint density at radius 3 is 2.87 bits per heavy atom. The van der Waals surface area contributed by atoms with E-state index in [1.54, 1.807) is 0 Å². The van der Waals surface area contributed by atoms with E-state index < -0.39 is 0 Å². The number of hydrogen-bond acceptors (Lipinski definition) is 3. The van der Waals surface area contributed by atoms with Gasteiger partial charge >= 0.3 is 5.97 Å². The summed E-state index contributed by atoms with van der Waals surface area (Å²) in [6, 6.07) is 7.88. The first-order valence-electron chi connectivity index (χ1n) is 5.10. The van der Waals surface area contributed by atoms with Gasteiger partial charge in [0, 0.05) is 6.42 Å². The molecule has 0 heterocycles. The van der Waals surface area contributed by atoms with E-state index >= 15 is 0 Å². The minimum absolute atomic E-state index is 0.303. The molecule has 0 unspecified atom stereocenters. The van der Waals surface area contributed by atoms with E-state index in [-0.39, 0.29) is 5.97 Å². The van der Waals surface area contributed by atoms with Crippen LogP contribution in [0.2, 0.25) is 0 Å². The van der Waals surface area contributed by atoms with Gasteiger partial charge in [-0.3, -0.25) is 4.89 Å². The van der Waals surface area contributed by atoms with Crippen LogP contribution < -0.4 is 0 Å². The molecule has 1 aromatic carbocycles. The van der Waals surface area contributed by atoms with Crippen molar-refractivity contribution in [3.63, 3.8) is 0 Å². The van der Waals surface area contributed by atoms with Crippen molar-refractivity contribution in [3.8, 4) is 0 Å². The molecule has 0 saturated carbocycles. The standard InChI is InChI=1S/C12H16O3/c1-3-5-12(13)15-14-9-11-7-4-6-10(2)8-11/h4,6-8H,3,5,9H2,1-2H3. The van der Waals surface area contributed by atoms with E-state index in [1.807, 2.05) is 38.1 Å². The lowest BCUT2D eigenvalue weighted by Crippen LogP contribution is -2.04. The fourth-order valence-electron chi connectivity index (χ4n) is 1.21. The highest BCUT2D eigenvalue weighted by atomic mass is 17.2. The van der Waals surface area contributed by atoms with Crippen LogP contribution in [0.3, 0.4) is 0 Å². The normalized spacial score (nSPS) is 10.0. The summed E-state index contributed by atoms with van der Waals surface area (Å²) in [4.78, 5) is 20.4. The number of rotatable bonds is 5. The molecule has 0 fully saturated rings. The predicted octanol–water partition coefficient (Wildman–Crippen LogP) is 2.77. The van der Waals surface area contributed by atoms with Crippen molar-refractivity contribution in [2.24, 2.45) is 0 Å². The predicted molar refractivity (Wildman–Crippen MR) is 57.0 cm³/mol. The molecule has 0 amide bonds. The fraction of sp³-hybridized carbons (Fsp3) is 0.417. The van der Waals surface area contributed by atoms with Crippen LogP contribution in [0.1, 0.15) is 30.9 Å². The summed E-state index contributed by atoms with van der Waals surface area (Å²) in [6.07, 6.45) is 1.17. The van der Waals surface area contributed by atoms with Gasteiger partial charge in [-0.15, -0.1) is 0 Å². The van der Waals surface area contributed by atoms with Gasteiger partial charge in [0.1, 0.15) is 6.61 Å². The minimum atomic E-state index is -0.315. The molecule has 0 N–H and O–H groups in total. The molecule has 3 nitrogen and oxygen atoms in total. The molecule has 82 valence electrons. The lowest BCUT2D eigenvalue weighted by atomic mass is 10.1. The highest BCUT2D eigenvalue weighted by molar-refractivity contribution is 5.68. The Bertz CT molecular complexity index is 320. The molecule has 0 atom stereocenters. The number of benzene rings is 1. The summed E-state index contributed by atoms with van der Waals surface area (Å²) in [6.45, 7) is 4.23. The highest BCUT2D eigenvalue weighted by Gasteiger charge is 2.01. The van der Waals surface area contributed by atoms with E-state index in [4.69, 9.17) is 4.89 Å². The Hall–Kier alpha value is -1.35. The first-order valence-corrected chi connectivity index (χ1v) is 5.10. The monoisotopic (exact) mass is 208 g/mol. The van der Waals surface area contributed by atoms with Crippen molar-refractivity contribution in [2.45, 2.75) is 33.3 Å². The van der Waals surface area contributed by atoms with Gasteiger partial charge in [-0.05, 0) is 18.9 Å². The molecular weight excluding hydrogens is 192 g/mol. The average molecular weight is 208 g/mol. The van der Waals surface area contributed by atoms with Crippen molar-refractivity contribution in [3.05, 3.63) is 35.4 Å². The second kappa shape index (κ2) is 6.19. The second-order valence-electron chi connectivity index (χ2n) is 3.46. The maximum absolute atomic E-state index is 11.0. The molecule has 0 spiro atoms. The van der Waals surface area contributed by atoms with Crippen molar-refractivity contribution in [1.29, 1.82) is 0 Å². The number of carbonyl (C=O) groups is 1. The summed E-state index contributed by atoms with van der Waals surface area (Å²) in [5.74, 6) is -0.315. The Kier molecular flexibility index (Phi) is 4.84. The largest absolute Gasteiger partial charge is 0.342 e. The summed E-state index contributed by atoms with van der Waals surface area (Å²) < 4.78 is 0. The van der Waals surface area contributed by atoms with Gasteiger partial charge in [-0.25, -0.2) is 4.79 Å². The van der Waals surface area contributed by atoms with E-state index in [9.17, 15) is 4.79 Å². The number of aryl methyl sites for hydroxylation is 1. The van der Waals surface area contributed by atoms with Crippen LogP contribution in [-0.4, -0.2) is 5.97 Å². The third kappa shape index (κ3) is 4.61. The van der Waals surface area contributed by atoms with Crippen LogP contribution in [-0.2, 0) is 21.2 Å². The zero-order chi connectivity index (χ0) is 11.1. The highest BCUT2D eigenvalue weighted by Crippen LogP contribution is 2.05. The molecule has 0 aliphatic rings. The third-order valence-electron chi connectivity index (χ3n) is 1.91. The van der Waals surface area contributed by atoms with E-state index in [0.29, 0.717) is 13.0 Å². The Labute approximate surface area is 89.9 Å². The van der Waals surface area contributed by atoms with Crippen LogP contribution >= 0.6 is 0 Å². The molecule has 1 aromatic rings.